The van der Waals surface area contributed by atoms with Crippen molar-refractivity contribution in [2.75, 3.05) is 13.2 Å². The number of aliphatic hydroxyl groups excluding tert-OH is 1. The summed E-state index contributed by atoms with van der Waals surface area (Å²) in [5, 5.41) is 21.0. The summed E-state index contributed by atoms with van der Waals surface area (Å²) in [6.07, 6.45) is 1.66. The number of nitrogens with two attached hydrogens (primary N) is 1. The maximum Gasteiger partial charge on any atom is 0.286 e. The van der Waals surface area contributed by atoms with Gasteiger partial charge in [0.05, 0.1) is 19.4 Å². The lowest BCUT2D eigenvalue weighted by atomic mass is 10.1. The molecule has 10 heteroatoms. The highest BCUT2D eigenvalue weighted by Gasteiger charge is 2.17. The molecule has 0 aliphatic carbocycles. The Labute approximate surface area is 142 Å². The van der Waals surface area contributed by atoms with Crippen LogP contribution in [-0.4, -0.2) is 54.0 Å². The summed E-state index contributed by atoms with van der Waals surface area (Å²) in [7, 11) is 0. The molecular formula is C15H17N7O3. The number of amides is 1. The normalized spacial score (nSPS) is 11.0. The van der Waals surface area contributed by atoms with E-state index in [1.807, 2.05) is 31.2 Å². The van der Waals surface area contributed by atoms with Gasteiger partial charge in [-0.1, -0.05) is 35.0 Å². The Kier molecular flexibility index (Phi) is 4.82. The topological polar surface area (TPSA) is 134 Å². The number of carbonyl (C=O) groups excluding carboxylic acids is 1. The van der Waals surface area contributed by atoms with E-state index in [0.717, 1.165) is 11.1 Å². The Morgan fingerprint density at radius 1 is 1.32 bits per heavy atom. The van der Waals surface area contributed by atoms with Crippen LogP contribution in [0.3, 0.4) is 0 Å². The van der Waals surface area contributed by atoms with Gasteiger partial charge in [0.25, 0.3) is 11.9 Å². The molecule has 0 atom stereocenters. The second-order valence-corrected chi connectivity index (χ2v) is 5.27. The van der Waals surface area contributed by atoms with Crippen LogP contribution in [-0.2, 0) is 11.5 Å². The number of ether oxygens (including phenoxy) is 1. The number of hydrogen-bond acceptors (Lipinski definition) is 7. The molecule has 1 aromatic carbocycles. The molecule has 2 heterocycles. The first kappa shape index (κ1) is 16.7. The summed E-state index contributed by atoms with van der Waals surface area (Å²) in [6.45, 7) is 1.90. The van der Waals surface area contributed by atoms with Gasteiger partial charge in [0.15, 0.2) is 0 Å². The SMILES string of the molecule is Cc1ccc(-c2cn(-c3nc(C(N)=O)n(COCCO)n3)nn2)cc1. The predicted octanol–water partition coefficient (Wildman–Crippen LogP) is -0.100. The van der Waals surface area contributed by atoms with E-state index in [1.54, 1.807) is 6.20 Å². The van der Waals surface area contributed by atoms with Gasteiger partial charge < -0.3 is 15.6 Å². The number of aromatic nitrogens is 6. The van der Waals surface area contributed by atoms with Crippen molar-refractivity contribution in [2.24, 2.45) is 5.73 Å². The number of benzene rings is 1. The molecule has 3 aromatic rings. The van der Waals surface area contributed by atoms with Crippen molar-refractivity contribution in [1.82, 2.24) is 29.8 Å². The summed E-state index contributed by atoms with van der Waals surface area (Å²) in [5.74, 6) is -0.669. The smallest absolute Gasteiger partial charge is 0.286 e. The van der Waals surface area contributed by atoms with Gasteiger partial charge in [-0.15, -0.1) is 10.2 Å². The molecule has 0 radical (unpaired) electrons. The zero-order chi connectivity index (χ0) is 17.8. The number of rotatable bonds is 7. The minimum Gasteiger partial charge on any atom is -0.394 e. The Morgan fingerprint density at radius 3 is 2.76 bits per heavy atom. The first-order valence-corrected chi connectivity index (χ1v) is 7.51. The maximum atomic E-state index is 11.5. The highest BCUT2D eigenvalue weighted by Crippen LogP contribution is 2.17. The van der Waals surface area contributed by atoms with E-state index < -0.39 is 5.91 Å². The second-order valence-electron chi connectivity index (χ2n) is 5.27. The number of aliphatic hydroxyl groups is 1. The number of nitrogens with zero attached hydrogens (tertiary/aromatic N) is 6. The molecule has 0 spiro atoms. The van der Waals surface area contributed by atoms with Crippen LogP contribution in [0.5, 0.6) is 0 Å². The lowest BCUT2D eigenvalue weighted by Crippen LogP contribution is -2.20. The molecule has 25 heavy (non-hydrogen) atoms. The van der Waals surface area contributed by atoms with Crippen molar-refractivity contribution in [3.8, 4) is 17.2 Å². The molecule has 0 aliphatic heterocycles. The average Bonchev–Trinajstić information content (AvgIpc) is 3.22. The largest absolute Gasteiger partial charge is 0.394 e. The summed E-state index contributed by atoms with van der Waals surface area (Å²) < 4.78 is 7.71. The van der Waals surface area contributed by atoms with Gasteiger partial charge in [-0.3, -0.25) is 4.79 Å². The van der Waals surface area contributed by atoms with Crippen LogP contribution in [0.2, 0.25) is 0 Å². The molecule has 2 aromatic heterocycles. The highest BCUT2D eigenvalue weighted by molar-refractivity contribution is 5.89. The van der Waals surface area contributed by atoms with Crippen LogP contribution < -0.4 is 5.73 Å². The first-order valence-electron chi connectivity index (χ1n) is 7.51. The fourth-order valence-electron chi connectivity index (χ4n) is 2.13. The maximum absolute atomic E-state index is 11.5. The van der Waals surface area contributed by atoms with Crippen molar-refractivity contribution in [3.05, 3.63) is 41.9 Å². The number of primary amides is 1. The van der Waals surface area contributed by atoms with Crippen LogP contribution in [0, 0.1) is 6.92 Å². The van der Waals surface area contributed by atoms with Crippen molar-refractivity contribution >= 4 is 5.91 Å². The Balaban J connectivity index is 1.87. The number of hydrogen-bond donors (Lipinski definition) is 2. The molecule has 3 N–H and O–H groups in total. The third-order valence-electron chi connectivity index (χ3n) is 3.38. The Hall–Kier alpha value is -3.11. The van der Waals surface area contributed by atoms with Crippen molar-refractivity contribution < 1.29 is 14.6 Å². The third-order valence-corrected chi connectivity index (χ3v) is 3.38. The molecule has 0 fully saturated rings. The Bertz CT molecular complexity index is 870. The predicted molar refractivity (Wildman–Crippen MR) is 86.7 cm³/mol. The van der Waals surface area contributed by atoms with E-state index in [2.05, 4.69) is 20.4 Å². The van der Waals surface area contributed by atoms with Gasteiger partial charge in [0, 0.05) is 5.56 Å². The molecule has 0 saturated carbocycles. The van der Waals surface area contributed by atoms with Crippen LogP contribution in [0.4, 0.5) is 0 Å². The monoisotopic (exact) mass is 343 g/mol. The zero-order valence-electron chi connectivity index (χ0n) is 13.5. The van der Waals surface area contributed by atoms with Crippen LogP contribution in [0.25, 0.3) is 17.2 Å². The molecular weight excluding hydrogens is 326 g/mol. The van der Waals surface area contributed by atoms with Gasteiger partial charge in [-0.2, -0.15) is 9.67 Å². The van der Waals surface area contributed by atoms with E-state index in [0.29, 0.717) is 5.69 Å². The fraction of sp³-hybridized carbons (Fsp3) is 0.267. The lowest BCUT2D eigenvalue weighted by molar-refractivity contribution is 0.0398. The van der Waals surface area contributed by atoms with E-state index >= 15 is 0 Å². The lowest BCUT2D eigenvalue weighted by Gasteiger charge is -2.03. The summed E-state index contributed by atoms with van der Waals surface area (Å²) >= 11 is 0. The average molecular weight is 343 g/mol. The summed E-state index contributed by atoms with van der Waals surface area (Å²) in [6, 6.07) is 7.83. The van der Waals surface area contributed by atoms with Crippen molar-refractivity contribution in [2.45, 2.75) is 13.7 Å². The van der Waals surface area contributed by atoms with Gasteiger partial charge in [-0.25, -0.2) is 4.68 Å². The molecule has 0 unspecified atom stereocenters. The molecule has 130 valence electrons. The minimum atomic E-state index is -0.745. The van der Waals surface area contributed by atoms with E-state index in [9.17, 15) is 4.79 Å². The van der Waals surface area contributed by atoms with Gasteiger partial charge in [0.2, 0.25) is 5.82 Å². The van der Waals surface area contributed by atoms with E-state index in [1.165, 1.54) is 9.36 Å². The molecule has 0 bridgehead atoms. The third kappa shape index (κ3) is 3.70. The second kappa shape index (κ2) is 7.20. The van der Waals surface area contributed by atoms with Gasteiger partial charge >= 0.3 is 0 Å². The first-order chi connectivity index (χ1) is 12.1. The van der Waals surface area contributed by atoms with E-state index in [4.69, 9.17) is 15.6 Å². The quantitative estimate of drug-likeness (QED) is 0.572. The fourth-order valence-corrected chi connectivity index (χ4v) is 2.13. The molecule has 10 nitrogen and oxygen atoms in total. The van der Waals surface area contributed by atoms with Crippen LogP contribution in [0.1, 0.15) is 16.2 Å². The number of aryl methyl sites for hydroxylation is 1. The van der Waals surface area contributed by atoms with E-state index in [-0.39, 0.29) is 31.7 Å². The van der Waals surface area contributed by atoms with Crippen molar-refractivity contribution in [1.29, 1.82) is 0 Å². The standard InChI is InChI=1S/C15H17N7O3/c1-10-2-4-11(5-3-10)12-8-21(20-18-12)15-17-14(13(16)24)22(19-15)9-25-7-6-23/h2-5,8,23H,6-7,9H2,1H3,(H2,16,24). The van der Waals surface area contributed by atoms with Crippen LogP contribution in [0.15, 0.2) is 30.5 Å². The molecule has 1 amide bonds. The van der Waals surface area contributed by atoms with Crippen molar-refractivity contribution in [3.63, 3.8) is 0 Å². The van der Waals surface area contributed by atoms with Gasteiger partial charge in [-0.05, 0) is 6.92 Å². The van der Waals surface area contributed by atoms with Gasteiger partial charge in [0.1, 0.15) is 12.4 Å². The minimum absolute atomic E-state index is 0.0641. The summed E-state index contributed by atoms with van der Waals surface area (Å²) in [4.78, 5) is 15.6. The highest BCUT2D eigenvalue weighted by atomic mass is 16.5. The van der Waals surface area contributed by atoms with Crippen LogP contribution >= 0.6 is 0 Å². The summed E-state index contributed by atoms with van der Waals surface area (Å²) in [5.41, 5.74) is 8.00. The number of carbonyl (C=O) groups is 1. The molecule has 0 saturated heterocycles. The molecule has 3 rings (SSSR count). The zero-order valence-corrected chi connectivity index (χ0v) is 13.5. The molecule has 0 aliphatic rings. The Morgan fingerprint density at radius 2 is 2.08 bits per heavy atom.